The summed E-state index contributed by atoms with van der Waals surface area (Å²) in [6, 6.07) is 4.29. The first-order chi connectivity index (χ1) is 8.26. The molecule has 1 aromatic rings. The third kappa shape index (κ3) is 5.84. The quantitative estimate of drug-likeness (QED) is 0.699. The molecule has 3 nitrogen and oxygen atoms in total. The van der Waals surface area contributed by atoms with Crippen LogP contribution in [-0.2, 0) is 17.8 Å². The van der Waals surface area contributed by atoms with Gasteiger partial charge in [0.2, 0.25) is 5.91 Å². The highest BCUT2D eigenvalue weighted by molar-refractivity contribution is 7.11. The van der Waals surface area contributed by atoms with Crippen LogP contribution in [0.25, 0.3) is 0 Å². The van der Waals surface area contributed by atoms with Crippen molar-refractivity contribution in [1.29, 1.82) is 0 Å². The molecule has 0 aliphatic carbocycles. The summed E-state index contributed by atoms with van der Waals surface area (Å²) in [6.07, 6.45) is 3.25. The normalized spacial score (nSPS) is 10.5. The molecular formula is C13H22N2OS. The monoisotopic (exact) mass is 254 g/mol. The fraction of sp³-hybridized carbons (Fsp3) is 0.615. The van der Waals surface area contributed by atoms with Crippen molar-refractivity contribution in [3.63, 3.8) is 0 Å². The van der Waals surface area contributed by atoms with Gasteiger partial charge in [-0.3, -0.25) is 4.79 Å². The molecule has 17 heavy (non-hydrogen) atoms. The minimum Gasteiger partial charge on any atom is -0.355 e. The topological polar surface area (TPSA) is 41.1 Å². The molecular weight excluding hydrogens is 232 g/mol. The Kier molecular flexibility index (Phi) is 6.89. The second kappa shape index (κ2) is 8.25. The molecule has 0 unspecified atom stereocenters. The minimum absolute atomic E-state index is 0.0886. The Balaban J connectivity index is 2.12. The van der Waals surface area contributed by atoms with Crippen LogP contribution in [0.1, 0.15) is 36.4 Å². The van der Waals surface area contributed by atoms with Gasteiger partial charge in [0.25, 0.3) is 0 Å². The Bertz CT molecular complexity index is 336. The highest BCUT2D eigenvalue weighted by Gasteiger charge is 2.01. The second-order valence-electron chi connectivity index (χ2n) is 4.03. The highest BCUT2D eigenvalue weighted by Crippen LogP contribution is 2.16. The zero-order chi connectivity index (χ0) is 12.5. The molecule has 0 saturated heterocycles. The molecule has 0 aliphatic heterocycles. The van der Waals surface area contributed by atoms with Gasteiger partial charge in [-0.25, -0.2) is 0 Å². The third-order valence-corrected chi connectivity index (χ3v) is 3.73. The average Bonchev–Trinajstić information content (AvgIpc) is 2.77. The van der Waals surface area contributed by atoms with Crippen LogP contribution >= 0.6 is 11.3 Å². The van der Waals surface area contributed by atoms with Crippen LogP contribution in [0.2, 0.25) is 0 Å². The lowest BCUT2D eigenvalue weighted by atomic mass is 10.3. The first kappa shape index (κ1) is 14.2. The van der Waals surface area contributed by atoms with Gasteiger partial charge in [0.15, 0.2) is 0 Å². The van der Waals surface area contributed by atoms with E-state index < -0.39 is 0 Å². The van der Waals surface area contributed by atoms with Crippen LogP contribution < -0.4 is 10.6 Å². The fourth-order valence-corrected chi connectivity index (χ4v) is 2.40. The van der Waals surface area contributed by atoms with Crippen molar-refractivity contribution in [3.05, 3.63) is 21.9 Å². The fourth-order valence-electron chi connectivity index (χ4n) is 1.47. The predicted molar refractivity (Wildman–Crippen MR) is 73.3 cm³/mol. The van der Waals surface area contributed by atoms with Gasteiger partial charge in [0.05, 0.1) is 6.54 Å². The Labute approximate surface area is 108 Å². The molecule has 1 aromatic heterocycles. The number of hydrogen-bond acceptors (Lipinski definition) is 3. The van der Waals surface area contributed by atoms with E-state index in [1.54, 1.807) is 0 Å². The predicted octanol–water partition coefficient (Wildman–Crippen LogP) is 2.32. The molecule has 0 radical (unpaired) electrons. The van der Waals surface area contributed by atoms with Gasteiger partial charge in [-0.2, -0.15) is 0 Å². The summed E-state index contributed by atoms with van der Waals surface area (Å²) in [5, 5.41) is 6.05. The SMILES string of the molecule is CCCCNC(=O)CNCc1ccc(CC)s1. The summed E-state index contributed by atoms with van der Waals surface area (Å²) in [4.78, 5) is 14.1. The molecule has 0 atom stereocenters. The van der Waals surface area contributed by atoms with Crippen molar-refractivity contribution in [2.75, 3.05) is 13.1 Å². The molecule has 96 valence electrons. The Morgan fingerprint density at radius 3 is 2.71 bits per heavy atom. The summed E-state index contributed by atoms with van der Waals surface area (Å²) < 4.78 is 0. The van der Waals surface area contributed by atoms with Gasteiger partial charge in [0, 0.05) is 22.8 Å². The molecule has 0 bridgehead atoms. The number of thiophene rings is 1. The van der Waals surface area contributed by atoms with E-state index in [0.717, 1.165) is 32.4 Å². The summed E-state index contributed by atoms with van der Waals surface area (Å²) in [6.45, 7) is 6.25. The number of unbranched alkanes of at least 4 members (excludes halogenated alkanes) is 1. The maximum absolute atomic E-state index is 11.4. The lowest BCUT2D eigenvalue weighted by Crippen LogP contribution is -2.33. The molecule has 4 heteroatoms. The molecule has 0 saturated carbocycles. The van der Waals surface area contributed by atoms with Crippen molar-refractivity contribution < 1.29 is 4.79 Å². The van der Waals surface area contributed by atoms with Crippen LogP contribution in [-0.4, -0.2) is 19.0 Å². The molecule has 1 rings (SSSR count). The van der Waals surface area contributed by atoms with Gasteiger partial charge in [0.1, 0.15) is 0 Å². The van der Waals surface area contributed by atoms with E-state index in [-0.39, 0.29) is 5.91 Å². The number of amides is 1. The molecule has 2 N–H and O–H groups in total. The molecule has 0 spiro atoms. The summed E-state index contributed by atoms with van der Waals surface area (Å²) in [5.41, 5.74) is 0. The van der Waals surface area contributed by atoms with Crippen LogP contribution in [0.5, 0.6) is 0 Å². The second-order valence-corrected chi connectivity index (χ2v) is 5.28. The van der Waals surface area contributed by atoms with E-state index in [1.165, 1.54) is 9.75 Å². The first-order valence-corrected chi connectivity index (χ1v) is 7.13. The van der Waals surface area contributed by atoms with Crippen LogP contribution in [0.15, 0.2) is 12.1 Å². The first-order valence-electron chi connectivity index (χ1n) is 6.31. The van der Waals surface area contributed by atoms with E-state index in [0.29, 0.717) is 6.54 Å². The van der Waals surface area contributed by atoms with E-state index in [4.69, 9.17) is 0 Å². The molecule has 0 fully saturated rings. The maximum atomic E-state index is 11.4. The van der Waals surface area contributed by atoms with Crippen molar-refractivity contribution in [2.24, 2.45) is 0 Å². The standard InChI is InChI=1S/C13H22N2OS/c1-3-5-8-15-13(16)10-14-9-12-7-6-11(4-2)17-12/h6-7,14H,3-5,8-10H2,1-2H3,(H,15,16). The summed E-state index contributed by atoms with van der Waals surface area (Å²) in [7, 11) is 0. The Hall–Kier alpha value is -0.870. The molecule has 0 aromatic carbocycles. The van der Waals surface area contributed by atoms with Gasteiger partial charge in [-0.05, 0) is 25.0 Å². The third-order valence-electron chi connectivity index (χ3n) is 2.50. The lowest BCUT2D eigenvalue weighted by molar-refractivity contribution is -0.120. The molecule has 1 heterocycles. The highest BCUT2D eigenvalue weighted by atomic mass is 32.1. The van der Waals surface area contributed by atoms with E-state index in [2.05, 4.69) is 36.6 Å². The number of carbonyl (C=O) groups is 1. The van der Waals surface area contributed by atoms with Crippen LogP contribution in [0.4, 0.5) is 0 Å². The smallest absolute Gasteiger partial charge is 0.233 e. The van der Waals surface area contributed by atoms with Crippen molar-refractivity contribution in [3.8, 4) is 0 Å². The number of rotatable bonds is 8. The van der Waals surface area contributed by atoms with Crippen LogP contribution in [0, 0.1) is 0 Å². The van der Waals surface area contributed by atoms with Gasteiger partial charge >= 0.3 is 0 Å². The van der Waals surface area contributed by atoms with Crippen molar-refractivity contribution in [1.82, 2.24) is 10.6 Å². The van der Waals surface area contributed by atoms with E-state index >= 15 is 0 Å². The number of carbonyl (C=O) groups excluding carboxylic acids is 1. The van der Waals surface area contributed by atoms with E-state index in [1.807, 2.05) is 11.3 Å². The number of hydrogen-bond donors (Lipinski definition) is 2. The van der Waals surface area contributed by atoms with Crippen molar-refractivity contribution >= 4 is 17.2 Å². The zero-order valence-corrected chi connectivity index (χ0v) is 11.5. The van der Waals surface area contributed by atoms with E-state index in [9.17, 15) is 4.79 Å². The maximum Gasteiger partial charge on any atom is 0.233 e. The zero-order valence-electron chi connectivity index (χ0n) is 10.7. The van der Waals surface area contributed by atoms with Gasteiger partial charge < -0.3 is 10.6 Å². The number of aryl methyl sites for hydroxylation is 1. The Morgan fingerprint density at radius 1 is 1.29 bits per heavy atom. The van der Waals surface area contributed by atoms with Gasteiger partial charge in [-0.1, -0.05) is 20.3 Å². The lowest BCUT2D eigenvalue weighted by Gasteiger charge is -2.04. The van der Waals surface area contributed by atoms with Crippen LogP contribution in [0.3, 0.4) is 0 Å². The molecule has 0 aliphatic rings. The summed E-state index contributed by atoms with van der Waals surface area (Å²) in [5.74, 6) is 0.0886. The summed E-state index contributed by atoms with van der Waals surface area (Å²) >= 11 is 1.81. The minimum atomic E-state index is 0.0886. The van der Waals surface area contributed by atoms with Gasteiger partial charge in [-0.15, -0.1) is 11.3 Å². The number of nitrogens with one attached hydrogen (secondary N) is 2. The van der Waals surface area contributed by atoms with Crippen molar-refractivity contribution in [2.45, 2.75) is 39.7 Å². The largest absolute Gasteiger partial charge is 0.355 e. The molecule has 1 amide bonds. The average molecular weight is 254 g/mol. The Morgan fingerprint density at radius 2 is 2.06 bits per heavy atom.